The number of nitrogens with one attached hydrogen (secondary N) is 2. The van der Waals surface area contributed by atoms with Gasteiger partial charge in [0.05, 0.1) is 0 Å². The van der Waals surface area contributed by atoms with Gasteiger partial charge in [-0.1, -0.05) is 6.92 Å². The van der Waals surface area contributed by atoms with E-state index in [9.17, 15) is 0 Å². The number of hydrogen-bond acceptors (Lipinski definition) is 4. The van der Waals surface area contributed by atoms with Crippen molar-refractivity contribution in [2.45, 2.75) is 45.6 Å². The van der Waals surface area contributed by atoms with Gasteiger partial charge in [-0.05, 0) is 39.0 Å². The Balaban J connectivity index is 2.00. The van der Waals surface area contributed by atoms with Crippen molar-refractivity contribution >= 4 is 11.6 Å². The highest BCUT2D eigenvalue weighted by Crippen LogP contribution is 2.40. The van der Waals surface area contributed by atoms with Gasteiger partial charge in [-0.25, -0.2) is 9.97 Å². The minimum absolute atomic E-state index is 0.135. The van der Waals surface area contributed by atoms with Crippen LogP contribution in [0.15, 0.2) is 12.4 Å². The average Bonchev–Trinajstić information content (AvgIpc) is 3.10. The van der Waals surface area contributed by atoms with Gasteiger partial charge >= 0.3 is 0 Å². The van der Waals surface area contributed by atoms with E-state index in [4.69, 9.17) is 0 Å². The van der Waals surface area contributed by atoms with Crippen LogP contribution in [0.4, 0.5) is 11.6 Å². The summed E-state index contributed by atoms with van der Waals surface area (Å²) in [6.07, 6.45) is 5.36. The summed E-state index contributed by atoms with van der Waals surface area (Å²) in [7, 11) is 0. The molecule has 17 heavy (non-hydrogen) atoms. The lowest BCUT2D eigenvalue weighted by atomic mass is 9.99. The molecule has 2 N–H and O–H groups in total. The molecule has 0 atom stereocenters. The fourth-order valence-electron chi connectivity index (χ4n) is 2.01. The van der Waals surface area contributed by atoms with E-state index in [0.717, 1.165) is 30.5 Å². The summed E-state index contributed by atoms with van der Waals surface area (Å²) in [6, 6.07) is 1.99. The lowest BCUT2D eigenvalue weighted by molar-refractivity contribution is 0.492. The maximum absolute atomic E-state index is 4.28. The fraction of sp³-hybridized carbons (Fsp3) is 0.692. The number of nitrogens with zero attached hydrogens (tertiary/aromatic N) is 2. The molecule has 1 aromatic rings. The summed E-state index contributed by atoms with van der Waals surface area (Å²) in [5, 5.41) is 6.78. The second kappa shape index (κ2) is 4.90. The highest BCUT2D eigenvalue weighted by Gasteiger charge is 2.37. The predicted molar refractivity (Wildman–Crippen MR) is 71.2 cm³/mol. The number of rotatable bonds is 6. The molecule has 0 saturated heterocycles. The van der Waals surface area contributed by atoms with E-state index >= 15 is 0 Å². The van der Waals surface area contributed by atoms with Crippen LogP contribution in [0, 0.1) is 5.92 Å². The van der Waals surface area contributed by atoms with Crippen molar-refractivity contribution in [3.05, 3.63) is 12.4 Å². The first-order valence-electron chi connectivity index (χ1n) is 6.46. The molecule has 4 nitrogen and oxygen atoms in total. The zero-order valence-electron chi connectivity index (χ0n) is 11.0. The van der Waals surface area contributed by atoms with Crippen LogP contribution in [0.2, 0.25) is 0 Å². The van der Waals surface area contributed by atoms with Crippen LogP contribution in [0.5, 0.6) is 0 Å². The fourth-order valence-corrected chi connectivity index (χ4v) is 2.01. The lowest BCUT2D eigenvalue weighted by Crippen LogP contribution is -2.33. The Morgan fingerprint density at radius 3 is 2.65 bits per heavy atom. The topological polar surface area (TPSA) is 49.8 Å². The van der Waals surface area contributed by atoms with Crippen molar-refractivity contribution in [3.63, 3.8) is 0 Å². The predicted octanol–water partition coefficient (Wildman–Crippen LogP) is 2.90. The molecule has 1 heterocycles. The van der Waals surface area contributed by atoms with Crippen molar-refractivity contribution < 1.29 is 0 Å². The molecule has 1 saturated carbocycles. The monoisotopic (exact) mass is 234 g/mol. The standard InChI is InChI=1S/C13H22N4/c1-4-7-14-11-8-12(16-9-15-11)17-13(2,3)10-5-6-10/h8-10H,4-7H2,1-3H3,(H2,14,15,16,17). The second-order valence-electron chi connectivity index (χ2n) is 5.34. The molecule has 1 aliphatic carbocycles. The minimum Gasteiger partial charge on any atom is -0.370 e. The maximum Gasteiger partial charge on any atom is 0.131 e. The normalized spacial score (nSPS) is 15.7. The van der Waals surface area contributed by atoms with Crippen molar-refractivity contribution in [2.75, 3.05) is 17.2 Å². The third-order valence-corrected chi connectivity index (χ3v) is 3.27. The van der Waals surface area contributed by atoms with E-state index < -0.39 is 0 Å². The van der Waals surface area contributed by atoms with Crippen molar-refractivity contribution in [2.24, 2.45) is 5.92 Å². The van der Waals surface area contributed by atoms with Gasteiger partial charge in [-0.3, -0.25) is 0 Å². The lowest BCUT2D eigenvalue weighted by Gasteiger charge is -2.26. The number of anilines is 2. The molecular weight excluding hydrogens is 212 g/mol. The molecule has 0 aromatic carbocycles. The Labute approximate surface area is 103 Å². The summed E-state index contributed by atoms with van der Waals surface area (Å²) < 4.78 is 0. The van der Waals surface area contributed by atoms with E-state index in [2.05, 4.69) is 41.4 Å². The molecule has 4 heteroatoms. The summed E-state index contributed by atoms with van der Waals surface area (Å²) in [5.74, 6) is 2.59. The molecule has 0 spiro atoms. The first kappa shape index (κ1) is 12.1. The van der Waals surface area contributed by atoms with Crippen LogP contribution in [0.25, 0.3) is 0 Å². The van der Waals surface area contributed by atoms with Gasteiger partial charge in [0, 0.05) is 18.2 Å². The smallest absolute Gasteiger partial charge is 0.131 e. The molecule has 0 bridgehead atoms. The molecule has 1 aromatic heterocycles. The molecule has 0 unspecified atom stereocenters. The Morgan fingerprint density at radius 2 is 2.00 bits per heavy atom. The third kappa shape index (κ3) is 3.32. The summed E-state index contributed by atoms with van der Waals surface area (Å²) in [5.41, 5.74) is 0.135. The van der Waals surface area contributed by atoms with Crippen LogP contribution >= 0.6 is 0 Å². The molecule has 94 valence electrons. The van der Waals surface area contributed by atoms with Gasteiger partial charge in [0.25, 0.3) is 0 Å². The molecule has 1 fully saturated rings. The highest BCUT2D eigenvalue weighted by atomic mass is 15.1. The van der Waals surface area contributed by atoms with E-state index in [1.807, 2.05) is 6.07 Å². The largest absolute Gasteiger partial charge is 0.370 e. The molecule has 2 rings (SSSR count). The number of aromatic nitrogens is 2. The summed E-state index contributed by atoms with van der Waals surface area (Å²) in [6.45, 7) is 7.57. The third-order valence-electron chi connectivity index (χ3n) is 3.27. The summed E-state index contributed by atoms with van der Waals surface area (Å²) in [4.78, 5) is 8.49. The molecule has 0 aliphatic heterocycles. The first-order chi connectivity index (χ1) is 8.12. The molecule has 1 aliphatic rings. The summed E-state index contributed by atoms with van der Waals surface area (Å²) >= 11 is 0. The second-order valence-corrected chi connectivity index (χ2v) is 5.34. The van der Waals surface area contributed by atoms with Crippen LogP contribution in [0.1, 0.15) is 40.0 Å². The average molecular weight is 234 g/mol. The van der Waals surface area contributed by atoms with Crippen LogP contribution in [-0.2, 0) is 0 Å². The van der Waals surface area contributed by atoms with Crippen LogP contribution in [-0.4, -0.2) is 22.1 Å². The molecule has 0 radical (unpaired) electrons. The van der Waals surface area contributed by atoms with Gasteiger partial charge in [0.1, 0.15) is 18.0 Å². The van der Waals surface area contributed by atoms with Gasteiger partial charge in [-0.2, -0.15) is 0 Å². The highest BCUT2D eigenvalue weighted by molar-refractivity contribution is 5.48. The quantitative estimate of drug-likeness (QED) is 0.794. The van der Waals surface area contributed by atoms with E-state index in [-0.39, 0.29) is 5.54 Å². The first-order valence-corrected chi connectivity index (χ1v) is 6.46. The zero-order chi connectivity index (χ0) is 12.3. The van der Waals surface area contributed by atoms with Crippen LogP contribution < -0.4 is 10.6 Å². The molecular formula is C13H22N4. The Kier molecular flexibility index (Phi) is 3.50. The Hall–Kier alpha value is -1.32. The van der Waals surface area contributed by atoms with Crippen molar-refractivity contribution in [1.82, 2.24) is 9.97 Å². The van der Waals surface area contributed by atoms with Crippen molar-refractivity contribution in [1.29, 1.82) is 0 Å². The maximum atomic E-state index is 4.28. The molecule has 0 amide bonds. The number of hydrogen-bond donors (Lipinski definition) is 2. The zero-order valence-corrected chi connectivity index (χ0v) is 11.0. The van der Waals surface area contributed by atoms with Crippen molar-refractivity contribution in [3.8, 4) is 0 Å². The Bertz CT molecular complexity index is 371. The van der Waals surface area contributed by atoms with Gasteiger partial charge in [0.15, 0.2) is 0 Å². The van der Waals surface area contributed by atoms with E-state index in [0.29, 0.717) is 0 Å². The van der Waals surface area contributed by atoms with Gasteiger partial charge < -0.3 is 10.6 Å². The SMILES string of the molecule is CCCNc1cc(NC(C)(C)C2CC2)ncn1. The Morgan fingerprint density at radius 1 is 1.29 bits per heavy atom. The van der Waals surface area contributed by atoms with E-state index in [1.165, 1.54) is 12.8 Å². The minimum atomic E-state index is 0.135. The van der Waals surface area contributed by atoms with E-state index in [1.54, 1.807) is 6.33 Å². The van der Waals surface area contributed by atoms with Gasteiger partial charge in [-0.15, -0.1) is 0 Å². The van der Waals surface area contributed by atoms with Gasteiger partial charge in [0.2, 0.25) is 0 Å². The van der Waals surface area contributed by atoms with Crippen LogP contribution in [0.3, 0.4) is 0 Å².